The van der Waals surface area contributed by atoms with Gasteiger partial charge in [0, 0.05) is 11.6 Å². The Balaban J connectivity index is 2.60. The number of benzene rings is 2. The average molecular weight is 257 g/mol. The highest BCUT2D eigenvalue weighted by molar-refractivity contribution is 5.84. The Kier molecular flexibility index (Phi) is 3.56. The van der Waals surface area contributed by atoms with Crippen molar-refractivity contribution in [2.45, 2.75) is 0 Å². The summed E-state index contributed by atoms with van der Waals surface area (Å²) < 4.78 is 5.22. The maximum Gasteiger partial charge on any atom is 0.280 e. The van der Waals surface area contributed by atoms with Crippen molar-refractivity contribution in [2.24, 2.45) is 0 Å². The quantitative estimate of drug-likeness (QED) is 0.479. The number of para-hydroxylation sites is 1. The van der Waals surface area contributed by atoms with Crippen molar-refractivity contribution >= 4 is 12.0 Å². The molecule has 5 heteroatoms. The molecule has 2 rings (SSSR count). The number of carbonyl (C=O) groups excluding carboxylic acids is 1. The summed E-state index contributed by atoms with van der Waals surface area (Å²) >= 11 is 0. The van der Waals surface area contributed by atoms with E-state index < -0.39 is 4.92 Å². The van der Waals surface area contributed by atoms with E-state index in [9.17, 15) is 14.9 Å². The highest BCUT2D eigenvalue weighted by Gasteiger charge is 2.15. The standard InChI is InChI=1S/C14H11NO4/c1-19-14-5-3-2-4-12(14)10-6-7-11(9-16)13(8-10)15(17)18/h2-9H,1H3. The second-order valence-electron chi connectivity index (χ2n) is 3.85. The van der Waals surface area contributed by atoms with E-state index >= 15 is 0 Å². The normalized spacial score (nSPS) is 9.95. The van der Waals surface area contributed by atoms with E-state index in [2.05, 4.69) is 0 Å². The fraction of sp³-hybridized carbons (Fsp3) is 0.0714. The van der Waals surface area contributed by atoms with Crippen molar-refractivity contribution < 1.29 is 14.5 Å². The fourth-order valence-corrected chi connectivity index (χ4v) is 1.85. The number of rotatable bonds is 4. The Hall–Kier alpha value is -2.69. The number of nitro groups is 1. The fourth-order valence-electron chi connectivity index (χ4n) is 1.85. The summed E-state index contributed by atoms with van der Waals surface area (Å²) in [4.78, 5) is 21.1. The molecule has 0 aliphatic heterocycles. The lowest BCUT2D eigenvalue weighted by atomic mass is 10.0. The van der Waals surface area contributed by atoms with Gasteiger partial charge in [0.05, 0.1) is 17.6 Å². The first-order valence-corrected chi connectivity index (χ1v) is 5.54. The van der Waals surface area contributed by atoms with Crippen molar-refractivity contribution in [3.8, 4) is 16.9 Å². The van der Waals surface area contributed by atoms with Gasteiger partial charge >= 0.3 is 0 Å². The van der Waals surface area contributed by atoms with Crippen molar-refractivity contribution in [2.75, 3.05) is 7.11 Å². The van der Waals surface area contributed by atoms with Crippen LogP contribution in [-0.2, 0) is 0 Å². The zero-order valence-electron chi connectivity index (χ0n) is 10.2. The van der Waals surface area contributed by atoms with Crippen LogP contribution in [0.4, 0.5) is 5.69 Å². The molecule has 0 spiro atoms. The summed E-state index contributed by atoms with van der Waals surface area (Å²) in [7, 11) is 1.53. The predicted molar refractivity (Wildman–Crippen MR) is 70.5 cm³/mol. The van der Waals surface area contributed by atoms with Crippen LogP contribution >= 0.6 is 0 Å². The van der Waals surface area contributed by atoms with E-state index in [-0.39, 0.29) is 11.3 Å². The summed E-state index contributed by atoms with van der Waals surface area (Å²) in [6, 6.07) is 11.7. The van der Waals surface area contributed by atoms with Crippen LogP contribution in [0.2, 0.25) is 0 Å². The van der Waals surface area contributed by atoms with Gasteiger partial charge in [0.2, 0.25) is 0 Å². The van der Waals surface area contributed by atoms with E-state index in [1.54, 1.807) is 18.2 Å². The second kappa shape index (κ2) is 5.30. The predicted octanol–water partition coefficient (Wildman–Crippen LogP) is 3.08. The lowest BCUT2D eigenvalue weighted by Crippen LogP contribution is -1.95. The average Bonchev–Trinajstić information content (AvgIpc) is 2.46. The molecule has 19 heavy (non-hydrogen) atoms. The molecular formula is C14H11NO4. The number of methoxy groups -OCH3 is 1. The van der Waals surface area contributed by atoms with Crippen LogP contribution in [0.5, 0.6) is 5.75 Å². The highest BCUT2D eigenvalue weighted by Crippen LogP contribution is 2.32. The smallest absolute Gasteiger partial charge is 0.280 e. The minimum atomic E-state index is -0.567. The molecule has 0 unspecified atom stereocenters. The molecule has 0 aliphatic carbocycles. The van der Waals surface area contributed by atoms with E-state index in [4.69, 9.17) is 4.74 Å². The van der Waals surface area contributed by atoms with Crippen LogP contribution < -0.4 is 4.74 Å². The first kappa shape index (κ1) is 12.8. The van der Waals surface area contributed by atoms with Crippen LogP contribution in [0.3, 0.4) is 0 Å². The van der Waals surface area contributed by atoms with Gasteiger partial charge in [-0.25, -0.2) is 0 Å². The minimum Gasteiger partial charge on any atom is -0.496 e. The Morgan fingerprint density at radius 2 is 1.95 bits per heavy atom. The zero-order valence-corrected chi connectivity index (χ0v) is 10.2. The molecule has 0 aliphatic rings. The molecule has 0 radical (unpaired) electrons. The lowest BCUT2D eigenvalue weighted by Gasteiger charge is -2.08. The monoisotopic (exact) mass is 257 g/mol. The second-order valence-corrected chi connectivity index (χ2v) is 3.85. The topological polar surface area (TPSA) is 69.4 Å². The summed E-state index contributed by atoms with van der Waals surface area (Å²) in [6.45, 7) is 0. The van der Waals surface area contributed by atoms with Crippen LogP contribution in [0.25, 0.3) is 11.1 Å². The Labute approximate surface area is 109 Å². The minimum absolute atomic E-state index is 0.0589. The largest absolute Gasteiger partial charge is 0.496 e. The molecule has 96 valence electrons. The van der Waals surface area contributed by atoms with Crippen LogP contribution in [0, 0.1) is 10.1 Å². The van der Waals surface area contributed by atoms with Crippen LogP contribution in [0.1, 0.15) is 10.4 Å². The molecule has 0 N–H and O–H groups in total. The van der Waals surface area contributed by atoms with E-state index in [0.29, 0.717) is 17.6 Å². The molecule has 0 saturated heterocycles. The third-order valence-corrected chi connectivity index (χ3v) is 2.77. The molecule has 0 fully saturated rings. The molecule has 5 nitrogen and oxygen atoms in total. The SMILES string of the molecule is COc1ccccc1-c1ccc(C=O)c([N+](=O)[O-])c1. The lowest BCUT2D eigenvalue weighted by molar-refractivity contribution is -0.385. The van der Waals surface area contributed by atoms with E-state index in [1.165, 1.54) is 19.2 Å². The molecule has 2 aromatic carbocycles. The molecule has 0 amide bonds. The van der Waals surface area contributed by atoms with E-state index in [0.717, 1.165) is 5.56 Å². The summed E-state index contributed by atoms with van der Waals surface area (Å²) in [5, 5.41) is 10.9. The van der Waals surface area contributed by atoms with Crippen molar-refractivity contribution in [3.05, 3.63) is 58.1 Å². The maximum absolute atomic E-state index is 10.9. The Bertz CT molecular complexity index is 637. The number of nitro benzene ring substituents is 1. The first-order valence-electron chi connectivity index (χ1n) is 5.54. The van der Waals surface area contributed by atoms with Gasteiger partial charge in [-0.2, -0.15) is 0 Å². The van der Waals surface area contributed by atoms with Gasteiger partial charge < -0.3 is 4.74 Å². The van der Waals surface area contributed by atoms with Gasteiger partial charge in [0.15, 0.2) is 6.29 Å². The van der Waals surface area contributed by atoms with Crippen molar-refractivity contribution in [3.63, 3.8) is 0 Å². The first-order chi connectivity index (χ1) is 9.17. The zero-order chi connectivity index (χ0) is 13.8. The molecule has 0 saturated carbocycles. The molecule has 0 atom stereocenters. The molecular weight excluding hydrogens is 246 g/mol. The number of hydrogen-bond donors (Lipinski definition) is 0. The maximum atomic E-state index is 10.9. The van der Waals surface area contributed by atoms with Crippen LogP contribution in [-0.4, -0.2) is 18.3 Å². The third-order valence-electron chi connectivity index (χ3n) is 2.77. The van der Waals surface area contributed by atoms with Crippen molar-refractivity contribution in [1.82, 2.24) is 0 Å². The molecule has 0 bridgehead atoms. The number of nitrogens with zero attached hydrogens (tertiary/aromatic N) is 1. The summed E-state index contributed by atoms with van der Waals surface area (Å²) in [5.74, 6) is 0.621. The van der Waals surface area contributed by atoms with Crippen molar-refractivity contribution in [1.29, 1.82) is 0 Å². The van der Waals surface area contributed by atoms with Gasteiger partial charge in [0.1, 0.15) is 5.75 Å². The summed E-state index contributed by atoms with van der Waals surface area (Å²) in [6.07, 6.45) is 0.476. The van der Waals surface area contributed by atoms with E-state index in [1.807, 2.05) is 12.1 Å². The highest BCUT2D eigenvalue weighted by atomic mass is 16.6. The number of aldehydes is 1. The van der Waals surface area contributed by atoms with Crippen LogP contribution in [0.15, 0.2) is 42.5 Å². The van der Waals surface area contributed by atoms with Gasteiger partial charge in [-0.1, -0.05) is 24.3 Å². The Morgan fingerprint density at radius 1 is 1.21 bits per heavy atom. The van der Waals surface area contributed by atoms with Gasteiger partial charge in [0.25, 0.3) is 5.69 Å². The third kappa shape index (κ3) is 2.44. The summed E-state index contributed by atoms with van der Waals surface area (Å²) in [5.41, 5.74) is 1.22. The van der Waals surface area contributed by atoms with Gasteiger partial charge in [-0.3, -0.25) is 14.9 Å². The molecule has 0 aromatic heterocycles. The number of ether oxygens (including phenoxy) is 1. The number of hydrogen-bond acceptors (Lipinski definition) is 4. The molecule has 0 heterocycles. The van der Waals surface area contributed by atoms with Gasteiger partial charge in [-0.05, 0) is 17.7 Å². The Morgan fingerprint density at radius 3 is 2.58 bits per heavy atom. The molecule has 2 aromatic rings. The van der Waals surface area contributed by atoms with Gasteiger partial charge in [-0.15, -0.1) is 0 Å². The number of carbonyl (C=O) groups is 1.